The summed E-state index contributed by atoms with van der Waals surface area (Å²) in [5.41, 5.74) is -5.27. The smallest absolute Gasteiger partial charge is 0.377 e. The topological polar surface area (TPSA) is 58.2 Å². The van der Waals surface area contributed by atoms with E-state index >= 15 is 0 Å². The number of alkyl halides is 6. The molecule has 0 bridgehead atoms. The summed E-state index contributed by atoms with van der Waals surface area (Å²) in [6.45, 7) is 0. The summed E-state index contributed by atoms with van der Waals surface area (Å²) in [7, 11) is -0.972. The average Bonchev–Trinajstić information content (AvgIpc) is 3.01. The van der Waals surface area contributed by atoms with Gasteiger partial charge >= 0.3 is 12.4 Å². The van der Waals surface area contributed by atoms with Crippen molar-refractivity contribution in [3.8, 4) is 0 Å². The molecule has 5 aromatic rings. The molecular formula is C33H25F6N2O2P. The van der Waals surface area contributed by atoms with Crippen LogP contribution in [0.1, 0.15) is 16.7 Å². The molecule has 44 heavy (non-hydrogen) atoms. The summed E-state index contributed by atoms with van der Waals surface area (Å²) in [6, 6.07) is 29.5. The van der Waals surface area contributed by atoms with E-state index in [1.54, 1.807) is 0 Å². The number of hydrogen-bond donors (Lipinski definition) is 2. The SMILES string of the molecule is O=c1c(Nc2cc(C(F)(F)F)cc(C(F)(F)F)c2)c(N[C@@H](Cc2ccccc2)CP(c2ccccc2)c2ccccc2)c1=O. The highest BCUT2D eigenvalue weighted by molar-refractivity contribution is 7.73. The first-order valence-electron chi connectivity index (χ1n) is 13.5. The highest BCUT2D eigenvalue weighted by Crippen LogP contribution is 2.39. The summed E-state index contributed by atoms with van der Waals surface area (Å²) in [6.07, 6.45) is -9.20. The van der Waals surface area contributed by atoms with Crippen LogP contribution in [0.25, 0.3) is 0 Å². The van der Waals surface area contributed by atoms with Crippen LogP contribution in [0.5, 0.6) is 0 Å². The van der Waals surface area contributed by atoms with Crippen LogP contribution in [0.15, 0.2) is 119 Å². The van der Waals surface area contributed by atoms with Crippen molar-refractivity contribution >= 4 is 35.6 Å². The summed E-state index contributed by atoms with van der Waals surface area (Å²) < 4.78 is 80.6. The third-order valence-electron chi connectivity index (χ3n) is 6.98. The molecule has 5 aromatic carbocycles. The number of rotatable bonds is 10. The van der Waals surface area contributed by atoms with Crippen molar-refractivity contribution < 1.29 is 26.3 Å². The van der Waals surface area contributed by atoms with Gasteiger partial charge in [0.15, 0.2) is 0 Å². The Bertz CT molecular complexity index is 1710. The Morgan fingerprint density at radius 3 is 1.55 bits per heavy atom. The average molecular weight is 627 g/mol. The molecule has 0 aliphatic heterocycles. The largest absolute Gasteiger partial charge is 0.416 e. The van der Waals surface area contributed by atoms with E-state index in [1.807, 2.05) is 91.0 Å². The van der Waals surface area contributed by atoms with Crippen LogP contribution in [-0.4, -0.2) is 12.2 Å². The van der Waals surface area contributed by atoms with E-state index in [4.69, 9.17) is 0 Å². The van der Waals surface area contributed by atoms with Gasteiger partial charge in [-0.05, 0) is 54.9 Å². The van der Waals surface area contributed by atoms with Gasteiger partial charge < -0.3 is 10.6 Å². The van der Waals surface area contributed by atoms with Crippen molar-refractivity contribution in [1.82, 2.24) is 0 Å². The van der Waals surface area contributed by atoms with Gasteiger partial charge in [0.1, 0.15) is 11.4 Å². The predicted molar refractivity (Wildman–Crippen MR) is 163 cm³/mol. The Morgan fingerprint density at radius 1 is 0.614 bits per heavy atom. The summed E-state index contributed by atoms with van der Waals surface area (Å²) in [4.78, 5) is 25.4. The molecule has 0 heterocycles. The number of anilines is 3. The van der Waals surface area contributed by atoms with E-state index in [1.165, 1.54) is 0 Å². The van der Waals surface area contributed by atoms with E-state index in [9.17, 15) is 35.9 Å². The fourth-order valence-electron chi connectivity index (χ4n) is 4.88. The summed E-state index contributed by atoms with van der Waals surface area (Å²) >= 11 is 0. The minimum absolute atomic E-state index is 0.00216. The number of halogens is 6. The van der Waals surface area contributed by atoms with Crippen molar-refractivity contribution in [2.75, 3.05) is 16.8 Å². The van der Waals surface area contributed by atoms with Gasteiger partial charge in [-0.25, -0.2) is 0 Å². The van der Waals surface area contributed by atoms with Gasteiger partial charge in [-0.3, -0.25) is 9.59 Å². The molecular weight excluding hydrogens is 601 g/mol. The Morgan fingerprint density at radius 2 is 1.07 bits per heavy atom. The second-order valence-electron chi connectivity index (χ2n) is 10.1. The van der Waals surface area contributed by atoms with Gasteiger partial charge in [-0.15, -0.1) is 0 Å². The highest BCUT2D eigenvalue weighted by Gasteiger charge is 2.37. The van der Waals surface area contributed by atoms with Gasteiger partial charge in [0.2, 0.25) is 0 Å². The zero-order chi connectivity index (χ0) is 31.5. The fourth-order valence-corrected chi connectivity index (χ4v) is 7.33. The van der Waals surface area contributed by atoms with Gasteiger partial charge in [-0.1, -0.05) is 91.0 Å². The molecule has 0 radical (unpaired) electrons. The molecule has 4 nitrogen and oxygen atoms in total. The maximum Gasteiger partial charge on any atom is 0.416 e. The van der Waals surface area contributed by atoms with E-state index in [-0.39, 0.29) is 17.4 Å². The van der Waals surface area contributed by atoms with Crippen molar-refractivity contribution in [1.29, 1.82) is 0 Å². The zero-order valence-electron chi connectivity index (χ0n) is 22.9. The molecule has 0 spiro atoms. The number of nitrogens with one attached hydrogen (secondary N) is 2. The van der Waals surface area contributed by atoms with Crippen LogP contribution in [0.3, 0.4) is 0 Å². The maximum atomic E-state index is 13.4. The molecule has 0 aliphatic carbocycles. The van der Waals surface area contributed by atoms with Crippen molar-refractivity contribution in [3.05, 3.63) is 146 Å². The van der Waals surface area contributed by atoms with Crippen LogP contribution >= 0.6 is 7.92 Å². The van der Waals surface area contributed by atoms with E-state index in [2.05, 4.69) is 10.6 Å². The van der Waals surface area contributed by atoms with Crippen molar-refractivity contribution in [2.45, 2.75) is 24.8 Å². The summed E-state index contributed by atoms with van der Waals surface area (Å²) in [5.74, 6) is 0. The maximum absolute atomic E-state index is 13.4. The minimum Gasteiger partial charge on any atom is -0.377 e. The van der Waals surface area contributed by atoms with Crippen molar-refractivity contribution in [2.24, 2.45) is 0 Å². The monoisotopic (exact) mass is 626 g/mol. The van der Waals surface area contributed by atoms with Crippen molar-refractivity contribution in [3.63, 3.8) is 0 Å². The molecule has 0 aliphatic rings. The number of benzene rings is 4. The lowest BCUT2D eigenvalue weighted by atomic mass is 10.0. The Labute approximate surface area is 249 Å². The molecule has 0 fully saturated rings. The molecule has 0 saturated carbocycles. The number of hydrogen-bond acceptors (Lipinski definition) is 4. The Balaban J connectivity index is 1.50. The van der Waals surface area contributed by atoms with Gasteiger partial charge in [-0.2, -0.15) is 26.3 Å². The first-order chi connectivity index (χ1) is 20.9. The van der Waals surface area contributed by atoms with Crippen LogP contribution in [0.2, 0.25) is 0 Å². The van der Waals surface area contributed by atoms with Gasteiger partial charge in [0, 0.05) is 11.7 Å². The molecule has 0 aromatic heterocycles. The third-order valence-corrected chi connectivity index (χ3v) is 9.63. The third kappa shape index (κ3) is 7.19. The van der Waals surface area contributed by atoms with Crippen LogP contribution in [-0.2, 0) is 18.8 Å². The zero-order valence-corrected chi connectivity index (χ0v) is 23.8. The van der Waals surface area contributed by atoms with Crippen LogP contribution < -0.4 is 32.1 Å². The van der Waals surface area contributed by atoms with E-state index < -0.39 is 54.0 Å². The second-order valence-corrected chi connectivity index (χ2v) is 12.4. The molecule has 1 atom stereocenters. The predicted octanol–water partition coefficient (Wildman–Crippen LogP) is 7.22. The standard InChI is InChI=1S/C33H25F6N2O2P/c34-32(35,36)22-17-23(33(37,38)39)19-24(18-22)40-28-29(31(43)30(28)42)41-25(16-21-10-4-1-5-11-21)20-44(26-12-6-2-7-13-26)27-14-8-3-9-15-27/h1-15,17-19,25,40-41H,16,20H2/t25-/m0/s1. The Kier molecular flexibility index (Phi) is 8.92. The van der Waals surface area contributed by atoms with Crippen LogP contribution in [0.4, 0.5) is 43.4 Å². The summed E-state index contributed by atoms with van der Waals surface area (Å²) in [5, 5.41) is 7.64. The quantitative estimate of drug-likeness (QED) is 0.0977. The van der Waals surface area contributed by atoms with Gasteiger partial charge in [0.05, 0.1) is 11.1 Å². The minimum atomic E-state index is -5.07. The molecule has 11 heteroatoms. The molecule has 0 amide bonds. The lowest BCUT2D eigenvalue weighted by molar-refractivity contribution is -0.143. The second kappa shape index (κ2) is 12.7. The molecule has 226 valence electrons. The molecule has 5 rings (SSSR count). The Hall–Kier alpha value is -4.43. The van der Waals surface area contributed by atoms with E-state index in [0.717, 1.165) is 16.2 Å². The van der Waals surface area contributed by atoms with Crippen LogP contribution in [0, 0.1) is 0 Å². The lowest BCUT2D eigenvalue weighted by Crippen LogP contribution is -2.41. The highest BCUT2D eigenvalue weighted by atomic mass is 31.1. The first-order valence-corrected chi connectivity index (χ1v) is 15.0. The fraction of sp³-hybridized carbons (Fsp3) is 0.152. The van der Waals surface area contributed by atoms with Gasteiger partial charge in [0.25, 0.3) is 10.9 Å². The molecule has 0 saturated heterocycles. The van der Waals surface area contributed by atoms with E-state index in [0.29, 0.717) is 24.7 Å². The normalized spacial score (nSPS) is 12.8. The first kappa shape index (κ1) is 31.0. The molecule has 0 unspecified atom stereocenters. The molecule has 2 N–H and O–H groups in total. The lowest BCUT2D eigenvalue weighted by Gasteiger charge is -2.28.